The first kappa shape index (κ1) is 20.2. The summed E-state index contributed by atoms with van der Waals surface area (Å²) in [5.74, 6) is -0.0146. The van der Waals surface area contributed by atoms with Crippen LogP contribution in [0.5, 0.6) is 0 Å². The van der Waals surface area contributed by atoms with Crippen LogP contribution < -0.4 is 10.6 Å². The molecule has 1 aliphatic rings. The summed E-state index contributed by atoms with van der Waals surface area (Å²) in [5.41, 5.74) is 1.97. The number of benzene rings is 2. The van der Waals surface area contributed by atoms with Gasteiger partial charge in [0.2, 0.25) is 5.91 Å². The SMILES string of the molecule is C[C@H](NC(=O)C1(C)COC1)c1ccc(NC(=O)OCc2ccc(Cl)cc2)cc1. The van der Waals surface area contributed by atoms with Crippen molar-refractivity contribution in [3.05, 3.63) is 64.7 Å². The lowest BCUT2D eigenvalue weighted by Gasteiger charge is -2.37. The molecule has 2 N–H and O–H groups in total. The zero-order valence-electron chi connectivity index (χ0n) is 15.8. The average Bonchev–Trinajstić information content (AvgIpc) is 2.66. The second-order valence-electron chi connectivity index (χ2n) is 7.20. The van der Waals surface area contributed by atoms with Crippen LogP contribution in [0.4, 0.5) is 10.5 Å². The largest absolute Gasteiger partial charge is 0.444 e. The molecular weight excluding hydrogens is 380 g/mol. The summed E-state index contributed by atoms with van der Waals surface area (Å²) in [6.45, 7) is 4.87. The van der Waals surface area contributed by atoms with Crippen LogP contribution in [0.1, 0.15) is 31.0 Å². The smallest absolute Gasteiger partial charge is 0.411 e. The number of hydrogen-bond acceptors (Lipinski definition) is 4. The molecule has 28 heavy (non-hydrogen) atoms. The van der Waals surface area contributed by atoms with E-state index < -0.39 is 11.5 Å². The minimum Gasteiger partial charge on any atom is -0.444 e. The molecule has 1 heterocycles. The zero-order chi connectivity index (χ0) is 20.1. The number of ether oxygens (including phenoxy) is 2. The normalized spacial score (nSPS) is 15.8. The van der Waals surface area contributed by atoms with Gasteiger partial charge in [-0.2, -0.15) is 0 Å². The number of amides is 2. The summed E-state index contributed by atoms with van der Waals surface area (Å²) < 4.78 is 10.3. The van der Waals surface area contributed by atoms with Crippen LogP contribution in [-0.2, 0) is 20.9 Å². The van der Waals surface area contributed by atoms with E-state index in [1.165, 1.54) is 0 Å². The molecule has 7 heteroatoms. The Balaban J connectivity index is 1.48. The van der Waals surface area contributed by atoms with E-state index in [1.807, 2.05) is 26.0 Å². The number of nitrogens with one attached hydrogen (secondary N) is 2. The Morgan fingerprint density at radius 3 is 2.36 bits per heavy atom. The van der Waals surface area contributed by atoms with Crippen molar-refractivity contribution in [3.8, 4) is 0 Å². The highest BCUT2D eigenvalue weighted by Gasteiger charge is 2.41. The molecule has 2 aromatic rings. The first-order valence-corrected chi connectivity index (χ1v) is 9.40. The molecule has 0 aliphatic carbocycles. The molecule has 0 aromatic heterocycles. The average molecular weight is 403 g/mol. The van der Waals surface area contributed by atoms with E-state index in [9.17, 15) is 9.59 Å². The van der Waals surface area contributed by atoms with Gasteiger partial charge in [-0.05, 0) is 49.2 Å². The van der Waals surface area contributed by atoms with Gasteiger partial charge in [-0.15, -0.1) is 0 Å². The zero-order valence-corrected chi connectivity index (χ0v) is 16.6. The number of anilines is 1. The van der Waals surface area contributed by atoms with Crippen molar-refractivity contribution in [3.63, 3.8) is 0 Å². The highest BCUT2D eigenvalue weighted by atomic mass is 35.5. The summed E-state index contributed by atoms with van der Waals surface area (Å²) in [7, 11) is 0. The van der Waals surface area contributed by atoms with E-state index in [1.54, 1.807) is 36.4 Å². The van der Waals surface area contributed by atoms with Crippen molar-refractivity contribution >= 4 is 29.3 Å². The molecule has 1 aliphatic heterocycles. The van der Waals surface area contributed by atoms with Gasteiger partial charge in [0.25, 0.3) is 0 Å². The number of halogens is 1. The fraction of sp³-hybridized carbons (Fsp3) is 0.333. The minimum atomic E-state index is -0.540. The third kappa shape index (κ3) is 5.03. The topological polar surface area (TPSA) is 76.7 Å². The summed E-state index contributed by atoms with van der Waals surface area (Å²) in [6, 6.07) is 14.2. The van der Waals surface area contributed by atoms with Crippen molar-refractivity contribution in [1.82, 2.24) is 5.32 Å². The lowest BCUT2D eigenvalue weighted by molar-refractivity contribution is -0.158. The van der Waals surface area contributed by atoms with Gasteiger partial charge in [-0.1, -0.05) is 35.9 Å². The maximum absolute atomic E-state index is 12.3. The van der Waals surface area contributed by atoms with E-state index in [0.717, 1.165) is 11.1 Å². The second-order valence-corrected chi connectivity index (χ2v) is 7.63. The van der Waals surface area contributed by atoms with Gasteiger partial charge in [-0.25, -0.2) is 4.79 Å². The van der Waals surface area contributed by atoms with Crippen molar-refractivity contribution in [2.75, 3.05) is 18.5 Å². The molecule has 3 rings (SSSR count). The standard InChI is InChI=1S/C21H23ClN2O4/c1-14(23-19(25)21(2)12-27-13-21)16-5-9-18(10-6-16)24-20(26)28-11-15-3-7-17(22)8-4-15/h3-10,14H,11-13H2,1-2H3,(H,23,25)(H,24,26)/t14-/m0/s1. The van der Waals surface area contributed by atoms with Crippen molar-refractivity contribution in [2.45, 2.75) is 26.5 Å². The van der Waals surface area contributed by atoms with Crippen LogP contribution in [0.2, 0.25) is 5.02 Å². The van der Waals surface area contributed by atoms with Gasteiger partial charge in [0, 0.05) is 10.7 Å². The van der Waals surface area contributed by atoms with E-state index in [0.29, 0.717) is 23.9 Å². The Morgan fingerprint density at radius 2 is 1.79 bits per heavy atom. The monoisotopic (exact) mass is 402 g/mol. The molecular formula is C21H23ClN2O4. The molecule has 0 unspecified atom stereocenters. The second kappa shape index (κ2) is 8.63. The third-order valence-corrected chi connectivity index (χ3v) is 4.93. The van der Waals surface area contributed by atoms with E-state index >= 15 is 0 Å². The summed E-state index contributed by atoms with van der Waals surface area (Å²) >= 11 is 5.83. The Hall–Kier alpha value is -2.57. The Morgan fingerprint density at radius 1 is 1.14 bits per heavy atom. The minimum absolute atomic E-state index is 0.0146. The lowest BCUT2D eigenvalue weighted by atomic mass is 9.87. The van der Waals surface area contributed by atoms with Crippen LogP contribution in [0.15, 0.2) is 48.5 Å². The van der Waals surface area contributed by atoms with Gasteiger partial charge in [0.05, 0.1) is 24.7 Å². The first-order chi connectivity index (χ1) is 13.4. The number of hydrogen-bond donors (Lipinski definition) is 2. The fourth-order valence-electron chi connectivity index (χ4n) is 2.73. The van der Waals surface area contributed by atoms with Crippen LogP contribution in [-0.4, -0.2) is 25.2 Å². The molecule has 0 saturated carbocycles. The van der Waals surface area contributed by atoms with E-state index in [-0.39, 0.29) is 18.6 Å². The molecule has 2 aromatic carbocycles. The Labute approximate surface area is 169 Å². The van der Waals surface area contributed by atoms with Crippen LogP contribution in [0, 0.1) is 5.41 Å². The molecule has 1 saturated heterocycles. The highest BCUT2D eigenvalue weighted by Crippen LogP contribution is 2.28. The number of carbonyl (C=O) groups excluding carboxylic acids is 2. The van der Waals surface area contributed by atoms with Crippen LogP contribution in [0.3, 0.4) is 0 Å². The Bertz CT molecular complexity index is 832. The molecule has 2 amide bonds. The van der Waals surface area contributed by atoms with E-state index in [4.69, 9.17) is 21.1 Å². The van der Waals surface area contributed by atoms with Gasteiger partial charge in [0.1, 0.15) is 6.61 Å². The fourth-order valence-corrected chi connectivity index (χ4v) is 2.86. The summed E-state index contributed by atoms with van der Waals surface area (Å²) in [4.78, 5) is 24.2. The molecule has 6 nitrogen and oxygen atoms in total. The van der Waals surface area contributed by atoms with Gasteiger partial charge in [0.15, 0.2) is 0 Å². The van der Waals surface area contributed by atoms with Crippen molar-refractivity contribution < 1.29 is 19.1 Å². The van der Waals surface area contributed by atoms with Gasteiger partial charge >= 0.3 is 6.09 Å². The highest BCUT2D eigenvalue weighted by molar-refractivity contribution is 6.30. The van der Waals surface area contributed by atoms with Crippen molar-refractivity contribution in [2.24, 2.45) is 5.41 Å². The predicted octanol–water partition coefficient (Wildman–Crippen LogP) is 4.30. The van der Waals surface area contributed by atoms with Crippen molar-refractivity contribution in [1.29, 1.82) is 0 Å². The third-order valence-electron chi connectivity index (χ3n) is 4.68. The maximum Gasteiger partial charge on any atom is 0.411 e. The molecule has 0 spiro atoms. The summed E-state index contributed by atoms with van der Waals surface area (Å²) in [5, 5.41) is 6.32. The van der Waals surface area contributed by atoms with Crippen LogP contribution in [0.25, 0.3) is 0 Å². The molecule has 0 bridgehead atoms. The van der Waals surface area contributed by atoms with Crippen LogP contribution >= 0.6 is 11.6 Å². The van der Waals surface area contributed by atoms with Gasteiger partial charge < -0.3 is 14.8 Å². The molecule has 1 fully saturated rings. The molecule has 148 valence electrons. The predicted molar refractivity (Wildman–Crippen MR) is 107 cm³/mol. The quantitative estimate of drug-likeness (QED) is 0.755. The maximum atomic E-state index is 12.3. The summed E-state index contributed by atoms with van der Waals surface area (Å²) in [6.07, 6.45) is -0.540. The molecule has 1 atom stereocenters. The lowest BCUT2D eigenvalue weighted by Crippen LogP contribution is -2.52. The Kier molecular flexibility index (Phi) is 6.21. The molecule has 0 radical (unpaired) electrons. The van der Waals surface area contributed by atoms with E-state index in [2.05, 4.69) is 10.6 Å². The number of carbonyl (C=O) groups is 2. The van der Waals surface area contributed by atoms with Gasteiger partial charge in [-0.3, -0.25) is 10.1 Å². The number of rotatable bonds is 6. The first-order valence-electron chi connectivity index (χ1n) is 9.03.